The summed E-state index contributed by atoms with van der Waals surface area (Å²) in [6.45, 7) is 2.01. The Bertz CT molecular complexity index is 489. The Morgan fingerprint density at radius 1 is 1.32 bits per heavy atom. The van der Waals surface area contributed by atoms with Crippen LogP contribution in [0.5, 0.6) is 11.5 Å². The molecule has 0 heterocycles. The van der Waals surface area contributed by atoms with E-state index in [0.29, 0.717) is 24.3 Å². The maximum Gasteiger partial charge on any atom is 0.314 e. The Labute approximate surface area is 113 Å². The number of rotatable bonds is 5. The average Bonchev–Trinajstić information content (AvgIpc) is 2.35. The van der Waals surface area contributed by atoms with E-state index < -0.39 is 11.4 Å². The molecular weight excluding hydrogens is 244 g/mol. The van der Waals surface area contributed by atoms with Crippen molar-refractivity contribution >= 4 is 5.97 Å². The van der Waals surface area contributed by atoms with Gasteiger partial charge < -0.3 is 14.6 Å². The third-order valence-electron chi connectivity index (χ3n) is 4.13. The maximum absolute atomic E-state index is 11.7. The molecule has 1 aliphatic rings. The fraction of sp³-hybridized carbons (Fsp3) is 0.533. The van der Waals surface area contributed by atoms with Crippen LogP contribution in [0.25, 0.3) is 0 Å². The second-order valence-electron chi connectivity index (χ2n) is 4.92. The van der Waals surface area contributed by atoms with Gasteiger partial charge in [0.1, 0.15) is 0 Å². The van der Waals surface area contributed by atoms with Crippen LogP contribution in [-0.2, 0) is 16.6 Å². The van der Waals surface area contributed by atoms with E-state index in [9.17, 15) is 9.90 Å². The number of carboxylic acid groups (broad SMARTS) is 1. The lowest BCUT2D eigenvalue weighted by Gasteiger charge is -2.39. The second-order valence-corrected chi connectivity index (χ2v) is 4.92. The zero-order valence-corrected chi connectivity index (χ0v) is 11.7. The highest BCUT2D eigenvalue weighted by Crippen LogP contribution is 2.48. The quantitative estimate of drug-likeness (QED) is 0.888. The van der Waals surface area contributed by atoms with Crippen LogP contribution in [0.3, 0.4) is 0 Å². The molecule has 1 aromatic rings. The molecule has 0 saturated heterocycles. The van der Waals surface area contributed by atoms with Gasteiger partial charge in [0.2, 0.25) is 0 Å². The van der Waals surface area contributed by atoms with Gasteiger partial charge in [0.15, 0.2) is 11.5 Å². The Kier molecular flexibility index (Phi) is 3.69. The summed E-state index contributed by atoms with van der Waals surface area (Å²) >= 11 is 0. The van der Waals surface area contributed by atoms with Crippen molar-refractivity contribution in [1.82, 2.24) is 0 Å². The molecule has 1 aromatic carbocycles. The fourth-order valence-corrected chi connectivity index (χ4v) is 2.92. The Morgan fingerprint density at radius 3 is 2.37 bits per heavy atom. The van der Waals surface area contributed by atoms with E-state index in [1.165, 1.54) is 0 Å². The predicted octanol–water partition coefficient (Wildman–Crippen LogP) is 2.77. The predicted molar refractivity (Wildman–Crippen MR) is 72.1 cm³/mol. The number of ether oxygens (including phenoxy) is 2. The lowest BCUT2D eigenvalue weighted by molar-refractivity contribution is -0.147. The Morgan fingerprint density at radius 2 is 2.00 bits per heavy atom. The highest BCUT2D eigenvalue weighted by molar-refractivity contribution is 5.83. The summed E-state index contributed by atoms with van der Waals surface area (Å²) in [5.41, 5.74) is 1.10. The summed E-state index contributed by atoms with van der Waals surface area (Å²) < 4.78 is 10.7. The summed E-state index contributed by atoms with van der Waals surface area (Å²) in [6.07, 6.45) is 3.09. The first-order valence-electron chi connectivity index (χ1n) is 6.58. The van der Waals surface area contributed by atoms with Crippen LogP contribution >= 0.6 is 0 Å². The number of aliphatic carboxylic acids is 1. The molecule has 4 heteroatoms. The lowest BCUT2D eigenvalue weighted by Crippen LogP contribution is -2.43. The van der Waals surface area contributed by atoms with Crippen LogP contribution in [-0.4, -0.2) is 25.3 Å². The summed E-state index contributed by atoms with van der Waals surface area (Å²) in [7, 11) is 3.18. The van der Waals surface area contributed by atoms with E-state index in [1.807, 2.05) is 13.0 Å². The number of methoxy groups -OCH3 is 2. The number of carbonyl (C=O) groups is 1. The summed E-state index contributed by atoms with van der Waals surface area (Å²) in [6, 6.07) is 3.68. The van der Waals surface area contributed by atoms with Gasteiger partial charge in [-0.2, -0.15) is 0 Å². The third-order valence-corrected chi connectivity index (χ3v) is 4.13. The van der Waals surface area contributed by atoms with E-state index in [4.69, 9.17) is 9.47 Å². The molecule has 19 heavy (non-hydrogen) atoms. The second kappa shape index (κ2) is 5.11. The minimum Gasteiger partial charge on any atom is -0.493 e. The molecule has 1 aliphatic carbocycles. The van der Waals surface area contributed by atoms with Crippen LogP contribution in [0, 0.1) is 0 Å². The molecular formula is C15H20O4. The van der Waals surface area contributed by atoms with Crippen LogP contribution in [0.1, 0.15) is 37.3 Å². The van der Waals surface area contributed by atoms with E-state index in [1.54, 1.807) is 20.3 Å². The smallest absolute Gasteiger partial charge is 0.314 e. The standard InChI is InChI=1S/C15H20O4/c1-4-10-11(15(14(16)17)8-5-9-15)6-7-12(18-2)13(10)19-3/h6-7H,4-5,8-9H2,1-3H3,(H,16,17). The van der Waals surface area contributed by atoms with Crippen molar-refractivity contribution in [3.8, 4) is 11.5 Å². The van der Waals surface area contributed by atoms with Gasteiger partial charge in [0.25, 0.3) is 0 Å². The third kappa shape index (κ3) is 1.95. The molecule has 0 radical (unpaired) electrons. The Balaban J connectivity index is 2.61. The first kappa shape index (κ1) is 13.7. The molecule has 0 aromatic heterocycles. The molecule has 0 amide bonds. The van der Waals surface area contributed by atoms with Gasteiger partial charge in [-0.25, -0.2) is 0 Å². The average molecular weight is 264 g/mol. The van der Waals surface area contributed by atoms with Crippen molar-refractivity contribution in [3.05, 3.63) is 23.3 Å². The van der Waals surface area contributed by atoms with E-state index in [0.717, 1.165) is 24.0 Å². The Hall–Kier alpha value is -1.71. The molecule has 0 atom stereocenters. The summed E-state index contributed by atoms with van der Waals surface area (Å²) in [5, 5.41) is 9.58. The molecule has 2 rings (SSSR count). The van der Waals surface area contributed by atoms with Crippen LogP contribution in [0.2, 0.25) is 0 Å². The van der Waals surface area contributed by atoms with Crippen LogP contribution in [0.15, 0.2) is 12.1 Å². The lowest BCUT2D eigenvalue weighted by atomic mass is 9.63. The number of hydrogen-bond acceptors (Lipinski definition) is 3. The largest absolute Gasteiger partial charge is 0.493 e. The van der Waals surface area contributed by atoms with Crippen molar-refractivity contribution in [3.63, 3.8) is 0 Å². The van der Waals surface area contributed by atoms with E-state index in [-0.39, 0.29) is 0 Å². The number of hydrogen-bond donors (Lipinski definition) is 1. The molecule has 1 saturated carbocycles. The zero-order valence-electron chi connectivity index (χ0n) is 11.7. The molecule has 1 N–H and O–H groups in total. The van der Waals surface area contributed by atoms with Gasteiger partial charge in [-0.1, -0.05) is 19.4 Å². The first-order valence-corrected chi connectivity index (χ1v) is 6.58. The highest BCUT2D eigenvalue weighted by Gasteiger charge is 2.47. The molecule has 0 unspecified atom stereocenters. The minimum atomic E-state index is -0.735. The summed E-state index contributed by atoms with van der Waals surface area (Å²) in [4.78, 5) is 11.7. The monoisotopic (exact) mass is 264 g/mol. The van der Waals surface area contributed by atoms with Crippen LogP contribution < -0.4 is 9.47 Å². The van der Waals surface area contributed by atoms with Gasteiger partial charge in [0.05, 0.1) is 19.6 Å². The molecule has 0 bridgehead atoms. The van der Waals surface area contributed by atoms with Gasteiger partial charge in [-0.15, -0.1) is 0 Å². The maximum atomic E-state index is 11.7. The molecule has 4 nitrogen and oxygen atoms in total. The number of carboxylic acids is 1. The van der Waals surface area contributed by atoms with Gasteiger partial charge in [-0.3, -0.25) is 4.79 Å². The van der Waals surface area contributed by atoms with Gasteiger partial charge in [0, 0.05) is 5.56 Å². The first-order chi connectivity index (χ1) is 9.10. The minimum absolute atomic E-state index is 0.656. The topological polar surface area (TPSA) is 55.8 Å². The normalized spacial score (nSPS) is 16.6. The van der Waals surface area contributed by atoms with Gasteiger partial charge >= 0.3 is 5.97 Å². The van der Waals surface area contributed by atoms with Crippen molar-refractivity contribution in [2.75, 3.05) is 14.2 Å². The molecule has 0 spiro atoms. The van der Waals surface area contributed by atoms with Crippen molar-refractivity contribution in [2.24, 2.45) is 0 Å². The van der Waals surface area contributed by atoms with Crippen LogP contribution in [0.4, 0.5) is 0 Å². The van der Waals surface area contributed by atoms with Gasteiger partial charge in [-0.05, 0) is 30.9 Å². The van der Waals surface area contributed by atoms with E-state index >= 15 is 0 Å². The van der Waals surface area contributed by atoms with Crippen molar-refractivity contribution in [2.45, 2.75) is 38.0 Å². The SMILES string of the molecule is CCc1c(C2(C(=O)O)CCC2)ccc(OC)c1OC. The van der Waals surface area contributed by atoms with Crippen molar-refractivity contribution < 1.29 is 19.4 Å². The van der Waals surface area contributed by atoms with E-state index in [2.05, 4.69) is 0 Å². The zero-order chi connectivity index (χ0) is 14.0. The van der Waals surface area contributed by atoms with Crippen molar-refractivity contribution in [1.29, 1.82) is 0 Å². The summed E-state index contributed by atoms with van der Waals surface area (Å²) in [5.74, 6) is 0.582. The number of benzene rings is 1. The fourth-order valence-electron chi connectivity index (χ4n) is 2.92. The molecule has 104 valence electrons. The molecule has 0 aliphatic heterocycles. The highest BCUT2D eigenvalue weighted by atomic mass is 16.5. The molecule has 1 fully saturated rings.